The van der Waals surface area contributed by atoms with Gasteiger partial charge in [-0.2, -0.15) is 18.4 Å². The van der Waals surface area contributed by atoms with Crippen LogP contribution in [0, 0.1) is 11.3 Å². The number of rotatable bonds is 3. The fraction of sp³-hybridized carbons (Fsp3) is 0.214. The van der Waals surface area contributed by atoms with E-state index in [1.165, 1.54) is 17.4 Å². The second-order valence-corrected chi connectivity index (χ2v) is 5.96. The summed E-state index contributed by atoms with van der Waals surface area (Å²) in [6.45, 7) is 1.84. The SMILES string of the molecule is CC(Nc1ccc(C(F)(F)F)cc1C#N)c1csc(Cl)c1. The molecule has 2 nitrogen and oxygen atoms in total. The smallest absolute Gasteiger partial charge is 0.377 e. The van der Waals surface area contributed by atoms with Gasteiger partial charge in [-0.15, -0.1) is 11.3 Å². The van der Waals surface area contributed by atoms with Gasteiger partial charge in [-0.3, -0.25) is 0 Å². The van der Waals surface area contributed by atoms with E-state index in [9.17, 15) is 13.2 Å². The fourth-order valence-corrected chi connectivity index (χ4v) is 2.79. The summed E-state index contributed by atoms with van der Waals surface area (Å²) in [4.78, 5) is 0. The van der Waals surface area contributed by atoms with Crippen LogP contribution in [0.5, 0.6) is 0 Å². The number of anilines is 1. The van der Waals surface area contributed by atoms with Crippen molar-refractivity contribution in [2.75, 3.05) is 5.32 Å². The van der Waals surface area contributed by atoms with Crippen molar-refractivity contribution < 1.29 is 13.2 Å². The molecule has 7 heteroatoms. The predicted molar refractivity (Wildman–Crippen MR) is 77.5 cm³/mol. The zero-order valence-corrected chi connectivity index (χ0v) is 12.4. The molecule has 0 saturated carbocycles. The third-order valence-electron chi connectivity index (χ3n) is 2.93. The van der Waals surface area contributed by atoms with Crippen molar-refractivity contribution in [3.8, 4) is 6.07 Å². The monoisotopic (exact) mass is 330 g/mol. The third-order valence-corrected chi connectivity index (χ3v) is 4.04. The Morgan fingerprint density at radius 2 is 2.05 bits per heavy atom. The number of thiophene rings is 1. The number of halogens is 4. The van der Waals surface area contributed by atoms with Gasteiger partial charge >= 0.3 is 6.18 Å². The summed E-state index contributed by atoms with van der Waals surface area (Å²) >= 11 is 7.22. The number of hydrogen-bond acceptors (Lipinski definition) is 3. The summed E-state index contributed by atoms with van der Waals surface area (Å²) in [6.07, 6.45) is -4.46. The van der Waals surface area contributed by atoms with Crippen LogP contribution in [0.1, 0.15) is 29.7 Å². The van der Waals surface area contributed by atoms with Crippen LogP contribution in [-0.4, -0.2) is 0 Å². The second kappa shape index (κ2) is 5.96. The predicted octanol–water partition coefficient (Wildman–Crippen LogP) is 5.47. The normalized spacial score (nSPS) is 12.8. The van der Waals surface area contributed by atoms with Gasteiger partial charge < -0.3 is 5.32 Å². The maximum atomic E-state index is 12.6. The largest absolute Gasteiger partial charge is 0.416 e. The minimum absolute atomic E-state index is 0.0435. The number of hydrogen-bond donors (Lipinski definition) is 1. The van der Waals surface area contributed by atoms with E-state index in [2.05, 4.69) is 5.32 Å². The molecule has 1 unspecified atom stereocenters. The third kappa shape index (κ3) is 3.69. The van der Waals surface area contributed by atoms with Crippen molar-refractivity contribution >= 4 is 28.6 Å². The summed E-state index contributed by atoms with van der Waals surface area (Å²) in [6, 6.07) is 6.46. The topological polar surface area (TPSA) is 35.8 Å². The van der Waals surface area contributed by atoms with Crippen LogP contribution in [-0.2, 0) is 6.18 Å². The van der Waals surface area contributed by atoms with E-state index >= 15 is 0 Å². The molecule has 2 aromatic rings. The van der Waals surface area contributed by atoms with E-state index < -0.39 is 11.7 Å². The highest BCUT2D eigenvalue weighted by Gasteiger charge is 2.31. The summed E-state index contributed by atoms with van der Waals surface area (Å²) in [5.74, 6) is 0. The first-order valence-corrected chi connectivity index (χ1v) is 7.19. The maximum Gasteiger partial charge on any atom is 0.416 e. The number of nitrogens with one attached hydrogen (secondary N) is 1. The molecule has 1 heterocycles. The minimum Gasteiger partial charge on any atom is -0.377 e. The number of benzene rings is 1. The molecular formula is C14H10ClF3N2S. The highest BCUT2D eigenvalue weighted by atomic mass is 35.5. The molecule has 0 amide bonds. The Kier molecular flexibility index (Phi) is 4.45. The molecule has 0 radical (unpaired) electrons. The van der Waals surface area contributed by atoms with Crippen molar-refractivity contribution in [3.63, 3.8) is 0 Å². The molecule has 1 aromatic heterocycles. The van der Waals surface area contributed by atoms with Crippen molar-refractivity contribution in [2.45, 2.75) is 19.1 Å². The molecular weight excluding hydrogens is 321 g/mol. The molecule has 0 fully saturated rings. The molecule has 0 aliphatic carbocycles. The molecule has 0 bridgehead atoms. The summed E-state index contributed by atoms with van der Waals surface area (Å²) in [5.41, 5.74) is 0.392. The molecule has 1 aromatic carbocycles. The van der Waals surface area contributed by atoms with Gasteiger partial charge in [0.2, 0.25) is 0 Å². The number of nitriles is 1. The maximum absolute atomic E-state index is 12.6. The first kappa shape index (κ1) is 15.7. The molecule has 110 valence electrons. The average Bonchev–Trinajstić information content (AvgIpc) is 2.84. The minimum atomic E-state index is -4.46. The van der Waals surface area contributed by atoms with Crippen LogP contribution >= 0.6 is 22.9 Å². The molecule has 0 aliphatic rings. The van der Waals surface area contributed by atoms with Crippen molar-refractivity contribution in [2.24, 2.45) is 0 Å². The van der Waals surface area contributed by atoms with Crippen LogP contribution in [0.3, 0.4) is 0 Å². The molecule has 0 aliphatic heterocycles. The number of alkyl halides is 3. The molecule has 1 N–H and O–H groups in total. The Bertz CT molecular complexity index is 688. The van der Waals surface area contributed by atoms with Crippen molar-refractivity contribution in [3.05, 3.63) is 50.7 Å². The second-order valence-electron chi connectivity index (χ2n) is 4.42. The first-order valence-electron chi connectivity index (χ1n) is 5.93. The van der Waals surface area contributed by atoms with Crippen LogP contribution in [0.2, 0.25) is 4.34 Å². The lowest BCUT2D eigenvalue weighted by atomic mass is 10.1. The lowest BCUT2D eigenvalue weighted by Crippen LogP contribution is -2.09. The van der Waals surface area contributed by atoms with Gasteiger partial charge in [0.15, 0.2) is 0 Å². The molecule has 2 rings (SSSR count). The Hall–Kier alpha value is -1.71. The van der Waals surface area contributed by atoms with Crippen LogP contribution < -0.4 is 5.32 Å². The van der Waals surface area contributed by atoms with Crippen LogP contribution in [0.15, 0.2) is 29.6 Å². The molecule has 0 spiro atoms. The molecule has 21 heavy (non-hydrogen) atoms. The van der Waals surface area contributed by atoms with E-state index in [1.807, 2.05) is 12.3 Å². The van der Waals surface area contributed by atoms with Crippen LogP contribution in [0.25, 0.3) is 0 Å². The summed E-state index contributed by atoms with van der Waals surface area (Å²) < 4.78 is 38.5. The summed E-state index contributed by atoms with van der Waals surface area (Å²) in [7, 11) is 0. The Balaban J connectivity index is 2.26. The van der Waals surface area contributed by atoms with Gasteiger partial charge in [0, 0.05) is 6.04 Å². The van der Waals surface area contributed by atoms with Gasteiger partial charge in [-0.05, 0) is 42.1 Å². The van der Waals surface area contributed by atoms with Crippen molar-refractivity contribution in [1.29, 1.82) is 5.26 Å². The zero-order valence-electron chi connectivity index (χ0n) is 10.8. The van der Waals surface area contributed by atoms with E-state index in [-0.39, 0.29) is 11.6 Å². The van der Waals surface area contributed by atoms with E-state index in [1.54, 1.807) is 12.1 Å². The number of nitrogens with zero attached hydrogens (tertiary/aromatic N) is 1. The fourth-order valence-electron chi connectivity index (χ4n) is 1.81. The highest BCUT2D eigenvalue weighted by molar-refractivity contribution is 7.14. The van der Waals surface area contributed by atoms with Gasteiger partial charge in [0.05, 0.1) is 21.2 Å². The summed E-state index contributed by atoms with van der Waals surface area (Å²) in [5, 5.41) is 13.9. The first-order chi connectivity index (χ1) is 9.81. The average molecular weight is 331 g/mol. The van der Waals surface area contributed by atoms with Gasteiger partial charge in [0.25, 0.3) is 0 Å². The van der Waals surface area contributed by atoms with Gasteiger partial charge in [-0.1, -0.05) is 11.6 Å². The molecule has 0 saturated heterocycles. The van der Waals surface area contributed by atoms with Crippen LogP contribution in [0.4, 0.5) is 18.9 Å². The Morgan fingerprint density at radius 3 is 2.57 bits per heavy atom. The van der Waals surface area contributed by atoms with E-state index in [0.717, 1.165) is 17.7 Å². The zero-order chi connectivity index (χ0) is 15.6. The van der Waals surface area contributed by atoms with Gasteiger partial charge in [0.1, 0.15) is 6.07 Å². The van der Waals surface area contributed by atoms with Gasteiger partial charge in [-0.25, -0.2) is 0 Å². The highest BCUT2D eigenvalue weighted by Crippen LogP contribution is 2.33. The standard InChI is InChI=1S/C14H10ClF3N2S/c1-8(10-5-13(15)21-7-10)20-12-3-2-11(14(16,17)18)4-9(12)6-19/h2-5,7-8,20H,1H3. The Labute approximate surface area is 128 Å². The lowest BCUT2D eigenvalue weighted by Gasteiger charge is -2.16. The Morgan fingerprint density at radius 1 is 1.33 bits per heavy atom. The van der Waals surface area contributed by atoms with E-state index in [0.29, 0.717) is 10.0 Å². The lowest BCUT2D eigenvalue weighted by molar-refractivity contribution is -0.137. The quantitative estimate of drug-likeness (QED) is 0.810. The van der Waals surface area contributed by atoms with E-state index in [4.69, 9.17) is 16.9 Å². The molecule has 1 atom stereocenters. The van der Waals surface area contributed by atoms with Crippen molar-refractivity contribution in [1.82, 2.24) is 0 Å².